The number of nitrogens with one attached hydrogen (secondary N) is 1. The summed E-state index contributed by atoms with van der Waals surface area (Å²) in [7, 11) is 0. The van der Waals surface area contributed by atoms with Gasteiger partial charge in [0.05, 0.1) is 18.3 Å². The molecule has 0 radical (unpaired) electrons. The molecule has 0 bridgehead atoms. The Balaban J connectivity index is 1.68. The number of amides is 1. The van der Waals surface area contributed by atoms with Crippen molar-refractivity contribution in [3.05, 3.63) is 52.0 Å². The van der Waals surface area contributed by atoms with Crippen LogP contribution < -0.4 is 10.2 Å². The zero-order chi connectivity index (χ0) is 15.5. The summed E-state index contributed by atoms with van der Waals surface area (Å²) in [4.78, 5) is 15.2. The molecule has 1 atom stereocenters. The molecule has 0 fully saturated rings. The monoisotopic (exact) mass is 318 g/mol. The van der Waals surface area contributed by atoms with E-state index in [-0.39, 0.29) is 24.3 Å². The molecule has 1 aliphatic rings. The van der Waals surface area contributed by atoms with Gasteiger partial charge in [0, 0.05) is 11.4 Å². The van der Waals surface area contributed by atoms with Crippen LogP contribution in [0.2, 0.25) is 0 Å². The van der Waals surface area contributed by atoms with E-state index in [1.165, 1.54) is 6.07 Å². The third-order valence-electron chi connectivity index (χ3n) is 3.94. The van der Waals surface area contributed by atoms with Crippen LogP contribution in [0.4, 0.5) is 10.1 Å². The number of hydrogen-bond donors (Lipinski definition) is 1. The number of nitrogens with zero attached hydrogens (tertiary/aromatic N) is 1. The first-order valence-corrected chi connectivity index (χ1v) is 8.38. The van der Waals surface area contributed by atoms with Crippen LogP contribution in [0.3, 0.4) is 0 Å². The number of halogens is 1. The van der Waals surface area contributed by atoms with Crippen LogP contribution in [0, 0.1) is 5.82 Å². The quantitative estimate of drug-likeness (QED) is 0.935. The summed E-state index contributed by atoms with van der Waals surface area (Å²) in [6.45, 7) is 2.88. The molecule has 1 aromatic carbocycles. The lowest BCUT2D eigenvalue weighted by molar-refractivity contribution is -0.120. The van der Waals surface area contributed by atoms with Crippen molar-refractivity contribution in [2.45, 2.75) is 25.8 Å². The third kappa shape index (κ3) is 3.14. The molecule has 3 rings (SSSR count). The van der Waals surface area contributed by atoms with Crippen LogP contribution in [0.5, 0.6) is 0 Å². The van der Waals surface area contributed by atoms with Crippen LogP contribution in [-0.2, 0) is 11.2 Å². The van der Waals surface area contributed by atoms with Gasteiger partial charge in [-0.25, -0.2) is 4.39 Å². The van der Waals surface area contributed by atoms with Gasteiger partial charge >= 0.3 is 0 Å². The molecular formula is C17H19FN2OS. The molecule has 0 spiro atoms. The summed E-state index contributed by atoms with van der Waals surface area (Å²) in [5, 5.41) is 4.98. The summed E-state index contributed by atoms with van der Waals surface area (Å²) in [5.41, 5.74) is 1.58. The Morgan fingerprint density at radius 1 is 1.41 bits per heavy atom. The van der Waals surface area contributed by atoms with Gasteiger partial charge in [0.15, 0.2) is 0 Å². The van der Waals surface area contributed by atoms with E-state index < -0.39 is 0 Å². The van der Waals surface area contributed by atoms with E-state index in [4.69, 9.17) is 0 Å². The summed E-state index contributed by atoms with van der Waals surface area (Å²) in [5.74, 6) is -0.312. The molecule has 116 valence electrons. The number of carbonyl (C=O) groups excluding carboxylic acids is 1. The van der Waals surface area contributed by atoms with E-state index >= 15 is 0 Å². The highest BCUT2D eigenvalue weighted by Gasteiger charge is 2.23. The first-order valence-electron chi connectivity index (χ1n) is 7.50. The maximum Gasteiger partial charge on any atom is 0.240 e. The van der Waals surface area contributed by atoms with Gasteiger partial charge in [-0.1, -0.05) is 18.2 Å². The lowest BCUT2D eigenvalue weighted by atomic mass is 10.0. The van der Waals surface area contributed by atoms with Crippen molar-refractivity contribution in [3.63, 3.8) is 0 Å². The highest BCUT2D eigenvalue weighted by Crippen LogP contribution is 2.29. The van der Waals surface area contributed by atoms with Crippen molar-refractivity contribution in [1.82, 2.24) is 5.32 Å². The average molecular weight is 318 g/mol. The van der Waals surface area contributed by atoms with Gasteiger partial charge in [-0.2, -0.15) is 0 Å². The van der Waals surface area contributed by atoms with Crippen LogP contribution in [0.15, 0.2) is 35.7 Å². The summed E-state index contributed by atoms with van der Waals surface area (Å²) < 4.78 is 14.1. The van der Waals surface area contributed by atoms with Gasteiger partial charge in [0.25, 0.3) is 0 Å². The maximum atomic E-state index is 14.1. The fourth-order valence-corrected chi connectivity index (χ4v) is 3.65. The van der Waals surface area contributed by atoms with Crippen molar-refractivity contribution < 1.29 is 9.18 Å². The Kier molecular flexibility index (Phi) is 4.43. The Morgan fingerprint density at radius 3 is 3.05 bits per heavy atom. The molecule has 1 amide bonds. The zero-order valence-corrected chi connectivity index (χ0v) is 13.3. The SMILES string of the molecule is C[C@H](NC(=O)CN1CCCc2cccc(F)c21)c1cccs1. The first kappa shape index (κ1) is 15.0. The minimum atomic E-state index is -0.240. The van der Waals surface area contributed by atoms with Crippen molar-refractivity contribution in [2.24, 2.45) is 0 Å². The summed E-state index contributed by atoms with van der Waals surface area (Å²) in [6, 6.07) is 9.10. The average Bonchev–Trinajstić information content (AvgIpc) is 3.01. The van der Waals surface area contributed by atoms with Gasteiger partial charge in [-0.3, -0.25) is 4.79 Å². The van der Waals surface area contributed by atoms with Crippen LogP contribution >= 0.6 is 11.3 Å². The zero-order valence-electron chi connectivity index (χ0n) is 12.5. The van der Waals surface area contributed by atoms with Gasteiger partial charge < -0.3 is 10.2 Å². The second-order valence-corrected chi connectivity index (χ2v) is 6.56. The van der Waals surface area contributed by atoms with Crippen LogP contribution in [-0.4, -0.2) is 19.0 Å². The molecular weight excluding hydrogens is 299 g/mol. The number of carbonyl (C=O) groups is 1. The van der Waals surface area contributed by atoms with Crippen LogP contribution in [0.25, 0.3) is 0 Å². The summed E-state index contributed by atoms with van der Waals surface area (Å²) >= 11 is 1.62. The molecule has 0 saturated carbocycles. The Morgan fingerprint density at radius 2 is 2.27 bits per heavy atom. The van der Waals surface area contributed by atoms with Crippen LogP contribution in [0.1, 0.15) is 29.8 Å². The number of hydrogen-bond acceptors (Lipinski definition) is 3. The fraction of sp³-hybridized carbons (Fsp3) is 0.353. The smallest absolute Gasteiger partial charge is 0.240 e. The highest BCUT2D eigenvalue weighted by molar-refractivity contribution is 7.10. The highest BCUT2D eigenvalue weighted by atomic mass is 32.1. The number of thiophene rings is 1. The molecule has 3 nitrogen and oxygen atoms in total. The van der Waals surface area contributed by atoms with E-state index in [0.29, 0.717) is 5.69 Å². The second-order valence-electron chi connectivity index (χ2n) is 5.58. The van der Waals surface area contributed by atoms with E-state index in [1.807, 2.05) is 35.4 Å². The molecule has 22 heavy (non-hydrogen) atoms. The molecule has 2 heterocycles. The van der Waals surface area contributed by atoms with E-state index in [9.17, 15) is 9.18 Å². The van der Waals surface area contributed by atoms with Gasteiger partial charge in [0.2, 0.25) is 5.91 Å². The van der Waals surface area contributed by atoms with Crippen molar-refractivity contribution in [3.8, 4) is 0 Å². The van der Waals surface area contributed by atoms with Crippen molar-refractivity contribution in [2.75, 3.05) is 18.0 Å². The minimum absolute atomic E-state index is 0.0163. The molecule has 0 unspecified atom stereocenters. The third-order valence-corrected chi connectivity index (χ3v) is 5.00. The predicted octanol–water partition coefficient (Wildman–Crippen LogP) is 3.52. The molecule has 0 aliphatic carbocycles. The van der Waals surface area contributed by atoms with Gasteiger partial charge in [-0.15, -0.1) is 11.3 Å². The van der Waals surface area contributed by atoms with Crippen molar-refractivity contribution in [1.29, 1.82) is 0 Å². The van der Waals surface area contributed by atoms with Gasteiger partial charge in [-0.05, 0) is 42.8 Å². The molecule has 0 saturated heterocycles. The number of para-hydroxylation sites is 1. The molecule has 1 aliphatic heterocycles. The largest absolute Gasteiger partial charge is 0.360 e. The number of anilines is 1. The normalized spacial score (nSPS) is 15.3. The number of benzene rings is 1. The topological polar surface area (TPSA) is 32.3 Å². The Hall–Kier alpha value is -1.88. The standard InChI is InChI=1S/C17H19FN2OS/c1-12(15-8-4-10-22-15)19-16(21)11-20-9-3-6-13-5-2-7-14(18)17(13)20/h2,4-5,7-8,10,12H,3,6,9,11H2,1H3,(H,19,21)/t12-/m0/s1. The number of rotatable bonds is 4. The Bertz CT molecular complexity index is 657. The second kappa shape index (κ2) is 6.48. The summed E-state index contributed by atoms with van der Waals surface area (Å²) in [6.07, 6.45) is 1.82. The van der Waals surface area contributed by atoms with E-state index in [0.717, 1.165) is 29.8 Å². The lowest BCUT2D eigenvalue weighted by Crippen LogP contribution is -2.41. The molecule has 1 aromatic heterocycles. The van der Waals surface area contributed by atoms with E-state index in [1.54, 1.807) is 17.4 Å². The predicted molar refractivity (Wildman–Crippen MR) is 87.8 cm³/mol. The molecule has 2 aromatic rings. The molecule has 5 heteroatoms. The maximum absolute atomic E-state index is 14.1. The fourth-order valence-electron chi connectivity index (χ4n) is 2.92. The Labute approximate surface area is 133 Å². The lowest BCUT2D eigenvalue weighted by Gasteiger charge is -2.31. The first-order chi connectivity index (χ1) is 10.6. The number of aryl methyl sites for hydroxylation is 1. The van der Waals surface area contributed by atoms with E-state index in [2.05, 4.69) is 5.32 Å². The van der Waals surface area contributed by atoms with Crippen molar-refractivity contribution >= 4 is 22.9 Å². The molecule has 1 N–H and O–H groups in total. The number of fused-ring (bicyclic) bond motifs is 1. The minimum Gasteiger partial charge on any atom is -0.360 e. The van der Waals surface area contributed by atoms with Gasteiger partial charge in [0.1, 0.15) is 5.82 Å².